The summed E-state index contributed by atoms with van der Waals surface area (Å²) in [5, 5.41) is 2.79. The number of hydrogen-bond acceptors (Lipinski definition) is 5. The third-order valence-electron chi connectivity index (χ3n) is 4.62. The molecule has 0 aliphatic carbocycles. The van der Waals surface area contributed by atoms with Crippen LogP contribution in [-0.4, -0.2) is 25.1 Å². The summed E-state index contributed by atoms with van der Waals surface area (Å²) in [5.74, 6) is -0.472. The van der Waals surface area contributed by atoms with Gasteiger partial charge >= 0.3 is 5.97 Å². The first-order valence-electron chi connectivity index (χ1n) is 8.71. The molecule has 0 unspecified atom stereocenters. The van der Waals surface area contributed by atoms with Crippen LogP contribution < -0.4 is 14.8 Å². The van der Waals surface area contributed by atoms with Crippen LogP contribution in [0.3, 0.4) is 0 Å². The van der Waals surface area contributed by atoms with Gasteiger partial charge in [0.1, 0.15) is 25.1 Å². The number of fused-ring (bicyclic) bond motifs is 1. The molecular weight excluding hydrogens is 353 g/mol. The van der Waals surface area contributed by atoms with Crippen LogP contribution in [0.4, 0.5) is 4.39 Å². The Morgan fingerprint density at radius 1 is 1.07 bits per heavy atom. The second-order valence-corrected chi connectivity index (χ2v) is 6.47. The Kier molecular flexibility index (Phi) is 4.66. The van der Waals surface area contributed by atoms with E-state index in [2.05, 4.69) is 5.32 Å². The van der Waals surface area contributed by atoms with Crippen molar-refractivity contribution in [1.29, 1.82) is 0 Å². The van der Waals surface area contributed by atoms with Crippen LogP contribution in [-0.2, 0) is 20.9 Å². The van der Waals surface area contributed by atoms with Gasteiger partial charge in [0.15, 0.2) is 11.5 Å². The molecular formula is C20H18FNO5. The highest BCUT2D eigenvalue weighted by molar-refractivity contribution is 5.87. The molecule has 140 valence electrons. The molecule has 2 aliphatic rings. The molecule has 1 N–H and O–H groups in total. The number of esters is 1. The Balaban J connectivity index is 1.48. The van der Waals surface area contributed by atoms with Gasteiger partial charge in [-0.05, 0) is 35.4 Å². The lowest BCUT2D eigenvalue weighted by atomic mass is 9.94. The molecule has 2 heterocycles. The molecule has 2 aromatic rings. The van der Waals surface area contributed by atoms with Crippen molar-refractivity contribution in [2.24, 2.45) is 5.92 Å². The third-order valence-corrected chi connectivity index (χ3v) is 4.62. The Morgan fingerprint density at radius 2 is 1.81 bits per heavy atom. The van der Waals surface area contributed by atoms with Gasteiger partial charge in [-0.3, -0.25) is 9.59 Å². The van der Waals surface area contributed by atoms with Crippen molar-refractivity contribution < 1.29 is 28.2 Å². The molecule has 4 rings (SSSR count). The van der Waals surface area contributed by atoms with Crippen molar-refractivity contribution in [1.82, 2.24) is 5.32 Å². The summed E-state index contributed by atoms with van der Waals surface area (Å²) >= 11 is 0. The van der Waals surface area contributed by atoms with E-state index >= 15 is 0 Å². The molecule has 27 heavy (non-hydrogen) atoms. The first kappa shape index (κ1) is 17.3. The van der Waals surface area contributed by atoms with Crippen LogP contribution in [0.2, 0.25) is 0 Å². The lowest BCUT2D eigenvalue weighted by Gasteiger charge is -2.22. The van der Waals surface area contributed by atoms with E-state index in [9.17, 15) is 14.0 Å². The lowest BCUT2D eigenvalue weighted by molar-refractivity contribution is -0.141. The minimum Gasteiger partial charge on any atom is -0.486 e. The fourth-order valence-corrected chi connectivity index (χ4v) is 3.25. The van der Waals surface area contributed by atoms with Gasteiger partial charge in [0.2, 0.25) is 5.91 Å². The van der Waals surface area contributed by atoms with Crippen molar-refractivity contribution in [3.05, 3.63) is 59.4 Å². The maximum Gasteiger partial charge on any atom is 0.307 e. The molecule has 7 heteroatoms. The van der Waals surface area contributed by atoms with Crippen LogP contribution in [0.25, 0.3) is 0 Å². The van der Waals surface area contributed by atoms with Crippen molar-refractivity contribution >= 4 is 11.9 Å². The summed E-state index contributed by atoms with van der Waals surface area (Å²) in [7, 11) is 0. The first-order chi connectivity index (χ1) is 13.1. The Morgan fingerprint density at radius 3 is 2.59 bits per heavy atom. The average molecular weight is 371 g/mol. The number of cyclic esters (lactones) is 1. The molecule has 0 radical (unpaired) electrons. The van der Waals surface area contributed by atoms with Gasteiger partial charge in [-0.2, -0.15) is 0 Å². The molecule has 1 amide bonds. The highest BCUT2D eigenvalue weighted by atomic mass is 19.1. The van der Waals surface area contributed by atoms with Crippen molar-refractivity contribution in [3.8, 4) is 11.5 Å². The van der Waals surface area contributed by atoms with E-state index in [0.29, 0.717) is 30.3 Å². The predicted molar refractivity (Wildman–Crippen MR) is 92.6 cm³/mol. The van der Waals surface area contributed by atoms with Gasteiger partial charge in [0.25, 0.3) is 0 Å². The minimum atomic E-state index is -0.679. The van der Waals surface area contributed by atoms with Crippen molar-refractivity contribution in [2.45, 2.75) is 19.1 Å². The van der Waals surface area contributed by atoms with E-state index < -0.39 is 18.0 Å². The highest BCUT2D eigenvalue weighted by Crippen LogP contribution is 2.40. The number of carbonyl (C=O) groups is 2. The summed E-state index contributed by atoms with van der Waals surface area (Å²) in [6.45, 7) is 1.18. The molecule has 2 aromatic carbocycles. The maximum atomic E-state index is 13.0. The van der Waals surface area contributed by atoms with Gasteiger partial charge in [0, 0.05) is 6.54 Å². The topological polar surface area (TPSA) is 73.9 Å². The van der Waals surface area contributed by atoms with Gasteiger partial charge in [-0.1, -0.05) is 18.2 Å². The van der Waals surface area contributed by atoms with E-state index in [1.54, 1.807) is 30.3 Å². The molecule has 2 atom stereocenters. The molecule has 2 aliphatic heterocycles. The number of ether oxygens (including phenoxy) is 3. The predicted octanol–water partition coefficient (Wildman–Crippen LogP) is 2.52. The molecule has 0 bridgehead atoms. The standard InChI is InChI=1S/C20H18FNO5/c21-14-4-1-12(2-5-14)11-22-20(24)15-10-18(23)27-19(15)13-3-6-16-17(9-13)26-8-7-25-16/h1-6,9,15,19H,7-8,10-11H2,(H,22,24)/t15-,19-/m0/s1. The molecule has 0 aromatic heterocycles. The van der Waals surface area contributed by atoms with Crippen LogP contribution in [0.15, 0.2) is 42.5 Å². The number of benzene rings is 2. The van der Waals surface area contributed by atoms with Gasteiger partial charge < -0.3 is 19.5 Å². The van der Waals surface area contributed by atoms with E-state index in [1.165, 1.54) is 12.1 Å². The highest BCUT2D eigenvalue weighted by Gasteiger charge is 2.41. The largest absolute Gasteiger partial charge is 0.486 e. The second-order valence-electron chi connectivity index (χ2n) is 6.47. The average Bonchev–Trinajstić information content (AvgIpc) is 3.09. The SMILES string of the molecule is O=C1C[C@H](C(=O)NCc2ccc(F)cc2)[C@H](c2ccc3c(c2)OCCO3)O1. The fraction of sp³-hybridized carbons (Fsp3) is 0.300. The molecule has 0 saturated carbocycles. The summed E-state index contributed by atoms with van der Waals surface area (Å²) in [4.78, 5) is 24.5. The number of hydrogen-bond donors (Lipinski definition) is 1. The zero-order chi connectivity index (χ0) is 18.8. The smallest absolute Gasteiger partial charge is 0.307 e. The fourth-order valence-electron chi connectivity index (χ4n) is 3.25. The number of carbonyl (C=O) groups excluding carboxylic acids is 2. The number of rotatable bonds is 4. The van der Waals surface area contributed by atoms with Gasteiger partial charge in [-0.25, -0.2) is 4.39 Å². The summed E-state index contributed by atoms with van der Waals surface area (Å²) in [6.07, 6.45) is -0.671. The van der Waals surface area contributed by atoms with E-state index in [1.807, 2.05) is 0 Å². The van der Waals surface area contributed by atoms with E-state index in [4.69, 9.17) is 14.2 Å². The third kappa shape index (κ3) is 3.72. The summed E-state index contributed by atoms with van der Waals surface area (Å²) in [6, 6.07) is 11.1. The summed E-state index contributed by atoms with van der Waals surface area (Å²) in [5.41, 5.74) is 1.46. The van der Waals surface area contributed by atoms with E-state index in [0.717, 1.165) is 5.56 Å². The quantitative estimate of drug-likeness (QED) is 0.836. The Labute approximate surface area is 155 Å². The lowest BCUT2D eigenvalue weighted by Crippen LogP contribution is -2.32. The van der Waals surface area contributed by atoms with Crippen LogP contribution in [0, 0.1) is 11.7 Å². The second kappa shape index (κ2) is 7.26. The van der Waals surface area contributed by atoms with Crippen molar-refractivity contribution in [3.63, 3.8) is 0 Å². The summed E-state index contributed by atoms with van der Waals surface area (Å²) < 4.78 is 29.4. The normalized spacial score (nSPS) is 20.9. The Hall–Kier alpha value is -3.09. The first-order valence-corrected chi connectivity index (χ1v) is 8.71. The van der Waals surface area contributed by atoms with Crippen LogP contribution >= 0.6 is 0 Å². The number of nitrogens with one attached hydrogen (secondary N) is 1. The van der Waals surface area contributed by atoms with E-state index in [-0.39, 0.29) is 24.7 Å². The van der Waals surface area contributed by atoms with Gasteiger partial charge in [-0.15, -0.1) is 0 Å². The van der Waals surface area contributed by atoms with Crippen LogP contribution in [0.5, 0.6) is 11.5 Å². The molecule has 1 saturated heterocycles. The van der Waals surface area contributed by atoms with Crippen molar-refractivity contribution in [2.75, 3.05) is 13.2 Å². The van der Waals surface area contributed by atoms with Gasteiger partial charge in [0.05, 0.1) is 12.3 Å². The molecule has 6 nitrogen and oxygen atoms in total. The number of amides is 1. The monoisotopic (exact) mass is 371 g/mol. The molecule has 1 fully saturated rings. The van der Waals surface area contributed by atoms with Crippen LogP contribution in [0.1, 0.15) is 23.7 Å². The zero-order valence-electron chi connectivity index (χ0n) is 14.4. The zero-order valence-corrected chi connectivity index (χ0v) is 14.4. The maximum absolute atomic E-state index is 13.0. The molecule has 0 spiro atoms. The number of halogens is 1. The minimum absolute atomic E-state index is 0.00829. The Bertz CT molecular complexity index is 867.